The van der Waals surface area contributed by atoms with Crippen molar-refractivity contribution in [1.82, 2.24) is 14.8 Å². The summed E-state index contributed by atoms with van der Waals surface area (Å²) in [7, 11) is 0. The van der Waals surface area contributed by atoms with Crippen LogP contribution in [0.1, 0.15) is 10.4 Å². The monoisotopic (exact) mass is 297 g/mol. The number of carbonyl (C=O) groups excluding carboxylic acids is 2. The van der Waals surface area contributed by atoms with Crippen molar-refractivity contribution in [2.45, 2.75) is 0 Å². The lowest BCUT2D eigenvalue weighted by molar-refractivity contribution is -0.119. The highest BCUT2D eigenvalue weighted by Gasteiger charge is 2.21. The fraction of sp³-hybridized carbons (Fsp3) is 0.364. The van der Waals surface area contributed by atoms with Gasteiger partial charge in [-0.25, -0.2) is 0 Å². The van der Waals surface area contributed by atoms with Crippen molar-refractivity contribution in [3.05, 3.63) is 28.5 Å². The van der Waals surface area contributed by atoms with Crippen molar-refractivity contribution in [1.29, 1.82) is 0 Å². The van der Waals surface area contributed by atoms with E-state index in [1.54, 1.807) is 28.3 Å². The second kappa shape index (κ2) is 5.27. The van der Waals surface area contributed by atoms with E-state index >= 15 is 0 Å². The second-order valence-corrected chi connectivity index (χ2v) is 4.74. The molecule has 90 valence electrons. The maximum absolute atomic E-state index is 12.1. The van der Waals surface area contributed by atoms with Crippen molar-refractivity contribution in [2.75, 3.05) is 26.2 Å². The molecule has 0 radical (unpaired) electrons. The molecule has 1 aromatic heterocycles. The highest BCUT2D eigenvalue weighted by Crippen LogP contribution is 2.12. The highest BCUT2D eigenvalue weighted by molar-refractivity contribution is 9.10. The first-order valence-electron chi connectivity index (χ1n) is 5.30. The number of amides is 2. The summed E-state index contributed by atoms with van der Waals surface area (Å²) in [5, 5.41) is 0. The maximum Gasteiger partial charge on any atom is 0.255 e. The molecule has 5 nitrogen and oxygen atoms in total. The van der Waals surface area contributed by atoms with Gasteiger partial charge in [-0.05, 0) is 22.0 Å². The SMILES string of the molecule is O=CN1CCN(C(=O)c2cncc(Br)c2)CC1. The zero-order chi connectivity index (χ0) is 12.3. The van der Waals surface area contributed by atoms with Crippen LogP contribution in [0.25, 0.3) is 0 Å². The van der Waals surface area contributed by atoms with E-state index in [4.69, 9.17) is 0 Å². The summed E-state index contributed by atoms with van der Waals surface area (Å²) in [5.74, 6) is -0.0376. The van der Waals surface area contributed by atoms with Crippen molar-refractivity contribution >= 4 is 28.2 Å². The molecule has 0 aromatic carbocycles. The van der Waals surface area contributed by atoms with E-state index in [0.29, 0.717) is 31.7 Å². The molecule has 1 aliphatic heterocycles. The number of hydrogen-bond donors (Lipinski definition) is 0. The molecular weight excluding hydrogens is 286 g/mol. The number of aromatic nitrogens is 1. The number of pyridine rings is 1. The van der Waals surface area contributed by atoms with Gasteiger partial charge in [0.25, 0.3) is 5.91 Å². The molecule has 1 aliphatic rings. The smallest absolute Gasteiger partial charge is 0.255 e. The van der Waals surface area contributed by atoms with E-state index in [0.717, 1.165) is 10.9 Å². The van der Waals surface area contributed by atoms with E-state index in [1.807, 2.05) is 0 Å². The van der Waals surface area contributed by atoms with Crippen molar-refractivity contribution in [3.63, 3.8) is 0 Å². The Morgan fingerprint density at radius 1 is 1.29 bits per heavy atom. The summed E-state index contributed by atoms with van der Waals surface area (Å²) in [6.07, 6.45) is 4.02. The molecule has 2 amide bonds. The van der Waals surface area contributed by atoms with Crippen LogP contribution in [0.5, 0.6) is 0 Å². The predicted molar refractivity (Wildman–Crippen MR) is 65.5 cm³/mol. The average molecular weight is 298 g/mol. The lowest BCUT2D eigenvalue weighted by atomic mass is 10.2. The van der Waals surface area contributed by atoms with Gasteiger partial charge in [0.2, 0.25) is 6.41 Å². The molecule has 2 rings (SSSR count). The molecule has 0 aliphatic carbocycles. The summed E-state index contributed by atoms with van der Waals surface area (Å²) >= 11 is 3.29. The van der Waals surface area contributed by atoms with Crippen LogP contribution in [0.2, 0.25) is 0 Å². The summed E-state index contributed by atoms with van der Waals surface area (Å²) in [6.45, 7) is 2.33. The second-order valence-electron chi connectivity index (χ2n) is 3.83. The van der Waals surface area contributed by atoms with Gasteiger partial charge >= 0.3 is 0 Å². The summed E-state index contributed by atoms with van der Waals surface area (Å²) in [6, 6.07) is 1.75. The topological polar surface area (TPSA) is 53.5 Å². The number of piperazine rings is 1. The van der Waals surface area contributed by atoms with Crippen LogP contribution in [-0.4, -0.2) is 53.3 Å². The first-order chi connectivity index (χ1) is 8.20. The fourth-order valence-electron chi connectivity index (χ4n) is 1.74. The average Bonchev–Trinajstić information content (AvgIpc) is 2.38. The minimum atomic E-state index is -0.0376. The van der Waals surface area contributed by atoms with E-state index < -0.39 is 0 Å². The van der Waals surface area contributed by atoms with Crippen molar-refractivity contribution in [2.24, 2.45) is 0 Å². The Morgan fingerprint density at radius 3 is 2.59 bits per heavy atom. The largest absolute Gasteiger partial charge is 0.342 e. The number of nitrogens with zero attached hydrogens (tertiary/aromatic N) is 3. The summed E-state index contributed by atoms with van der Waals surface area (Å²) < 4.78 is 0.787. The third-order valence-corrected chi connectivity index (χ3v) is 3.14. The molecule has 1 fully saturated rings. The van der Waals surface area contributed by atoms with E-state index in [2.05, 4.69) is 20.9 Å². The number of hydrogen-bond acceptors (Lipinski definition) is 3. The maximum atomic E-state index is 12.1. The minimum Gasteiger partial charge on any atom is -0.342 e. The van der Waals surface area contributed by atoms with Gasteiger partial charge in [0.05, 0.1) is 5.56 Å². The predicted octanol–water partition coefficient (Wildman–Crippen LogP) is 0.758. The van der Waals surface area contributed by atoms with Gasteiger partial charge in [-0.3, -0.25) is 14.6 Å². The third-order valence-electron chi connectivity index (χ3n) is 2.70. The van der Waals surface area contributed by atoms with E-state index in [9.17, 15) is 9.59 Å². The van der Waals surface area contributed by atoms with Gasteiger partial charge in [0, 0.05) is 43.0 Å². The molecule has 17 heavy (non-hydrogen) atoms. The van der Waals surface area contributed by atoms with Crippen LogP contribution in [0, 0.1) is 0 Å². The van der Waals surface area contributed by atoms with Crippen LogP contribution >= 0.6 is 15.9 Å². The third kappa shape index (κ3) is 2.82. The molecule has 0 unspecified atom stereocenters. The van der Waals surface area contributed by atoms with Gasteiger partial charge in [0.15, 0.2) is 0 Å². The zero-order valence-electron chi connectivity index (χ0n) is 9.17. The molecule has 0 spiro atoms. The van der Waals surface area contributed by atoms with Crippen molar-refractivity contribution < 1.29 is 9.59 Å². The van der Waals surface area contributed by atoms with Crippen LogP contribution in [0.4, 0.5) is 0 Å². The lowest BCUT2D eigenvalue weighted by Crippen LogP contribution is -2.48. The number of rotatable bonds is 2. The molecule has 1 saturated heterocycles. The zero-order valence-corrected chi connectivity index (χ0v) is 10.8. The Hall–Kier alpha value is -1.43. The first-order valence-corrected chi connectivity index (χ1v) is 6.09. The van der Waals surface area contributed by atoms with E-state index in [-0.39, 0.29) is 5.91 Å². The van der Waals surface area contributed by atoms with Gasteiger partial charge in [-0.2, -0.15) is 0 Å². The fourth-order valence-corrected chi connectivity index (χ4v) is 2.11. The number of carbonyl (C=O) groups is 2. The van der Waals surface area contributed by atoms with E-state index in [1.165, 1.54) is 0 Å². The van der Waals surface area contributed by atoms with Gasteiger partial charge in [0.1, 0.15) is 0 Å². The van der Waals surface area contributed by atoms with Gasteiger partial charge < -0.3 is 9.80 Å². The molecule has 1 aromatic rings. The lowest BCUT2D eigenvalue weighted by Gasteiger charge is -2.32. The minimum absolute atomic E-state index is 0.0376. The Kier molecular flexibility index (Phi) is 3.73. The Labute approximate surface area is 108 Å². The normalized spacial score (nSPS) is 15.8. The van der Waals surface area contributed by atoms with Gasteiger partial charge in [-0.15, -0.1) is 0 Å². The van der Waals surface area contributed by atoms with Crippen LogP contribution in [0.15, 0.2) is 22.9 Å². The van der Waals surface area contributed by atoms with Crippen LogP contribution < -0.4 is 0 Å². The first kappa shape index (κ1) is 12.0. The van der Waals surface area contributed by atoms with Crippen LogP contribution in [0.3, 0.4) is 0 Å². The quantitative estimate of drug-likeness (QED) is 0.757. The molecule has 0 saturated carbocycles. The molecular formula is C11H12BrN3O2. The standard InChI is InChI=1S/C11H12BrN3O2/c12-10-5-9(6-13-7-10)11(17)15-3-1-14(8-16)2-4-15/h5-8H,1-4H2. The van der Waals surface area contributed by atoms with Gasteiger partial charge in [-0.1, -0.05) is 0 Å². The molecule has 6 heteroatoms. The Bertz CT molecular complexity index is 430. The molecule has 0 bridgehead atoms. The molecule has 2 heterocycles. The molecule has 0 N–H and O–H groups in total. The highest BCUT2D eigenvalue weighted by atomic mass is 79.9. The summed E-state index contributed by atoms with van der Waals surface area (Å²) in [5.41, 5.74) is 0.568. The number of halogens is 1. The Balaban J connectivity index is 2.04. The Morgan fingerprint density at radius 2 is 2.00 bits per heavy atom. The summed E-state index contributed by atoms with van der Waals surface area (Å²) in [4.78, 5) is 30.0. The molecule has 0 atom stereocenters. The van der Waals surface area contributed by atoms with Crippen LogP contribution in [-0.2, 0) is 4.79 Å². The van der Waals surface area contributed by atoms with Crippen molar-refractivity contribution in [3.8, 4) is 0 Å².